The number of aromatic carboxylic acids is 1. The largest absolute Gasteiger partial charge is 0.478 e. The van der Waals surface area contributed by atoms with Crippen LogP contribution in [0, 0.1) is 6.92 Å². The van der Waals surface area contributed by atoms with Crippen molar-refractivity contribution in [3.63, 3.8) is 0 Å². The van der Waals surface area contributed by atoms with E-state index in [0.717, 1.165) is 42.7 Å². The molecule has 1 aliphatic heterocycles. The molecule has 5 heteroatoms. The van der Waals surface area contributed by atoms with Gasteiger partial charge in [0, 0.05) is 25.0 Å². The Kier molecular flexibility index (Phi) is 3.75. The number of nitrogens with zero attached hydrogens (tertiary/aromatic N) is 2. The lowest BCUT2D eigenvalue weighted by Gasteiger charge is -2.22. The standard InChI is InChI=1S/C16H18N2O3/c1-11-14(3-2-4-15(11)16(19)20)12-9-17-18(10-12)13-5-7-21-8-6-13/h2-4,9-10,13H,5-8H2,1H3,(H,19,20). The SMILES string of the molecule is Cc1c(C(=O)O)cccc1-c1cnn(C2CCOCC2)c1. The van der Waals surface area contributed by atoms with Gasteiger partial charge in [0.15, 0.2) is 0 Å². The number of benzene rings is 1. The molecule has 1 N–H and O–H groups in total. The second kappa shape index (κ2) is 5.69. The van der Waals surface area contributed by atoms with Crippen molar-refractivity contribution >= 4 is 5.97 Å². The van der Waals surface area contributed by atoms with Crippen LogP contribution in [-0.2, 0) is 4.74 Å². The van der Waals surface area contributed by atoms with Gasteiger partial charge in [-0.1, -0.05) is 12.1 Å². The predicted octanol–water partition coefficient (Wildman–Crippen LogP) is 2.91. The third-order valence-corrected chi connectivity index (χ3v) is 4.04. The van der Waals surface area contributed by atoms with Gasteiger partial charge in [-0.2, -0.15) is 5.10 Å². The van der Waals surface area contributed by atoms with Crippen molar-refractivity contribution in [2.75, 3.05) is 13.2 Å². The Labute approximate surface area is 123 Å². The highest BCUT2D eigenvalue weighted by atomic mass is 16.5. The molecule has 0 atom stereocenters. The van der Waals surface area contributed by atoms with Gasteiger partial charge in [-0.05, 0) is 37.0 Å². The lowest BCUT2D eigenvalue weighted by Crippen LogP contribution is -2.19. The fraction of sp³-hybridized carbons (Fsp3) is 0.375. The first-order valence-corrected chi connectivity index (χ1v) is 7.12. The maximum absolute atomic E-state index is 11.2. The summed E-state index contributed by atoms with van der Waals surface area (Å²) in [6, 6.07) is 5.71. The first-order chi connectivity index (χ1) is 10.2. The summed E-state index contributed by atoms with van der Waals surface area (Å²) in [4.78, 5) is 11.2. The van der Waals surface area contributed by atoms with Crippen molar-refractivity contribution < 1.29 is 14.6 Å². The zero-order valence-electron chi connectivity index (χ0n) is 12.0. The van der Waals surface area contributed by atoms with Crippen LogP contribution in [0.4, 0.5) is 0 Å². The van der Waals surface area contributed by atoms with Gasteiger partial charge in [0.1, 0.15) is 0 Å². The highest BCUT2D eigenvalue weighted by Crippen LogP contribution is 2.28. The fourth-order valence-corrected chi connectivity index (χ4v) is 2.81. The number of ether oxygens (including phenoxy) is 1. The number of carboxylic acid groups (broad SMARTS) is 1. The molecule has 1 aliphatic rings. The molecule has 0 bridgehead atoms. The van der Waals surface area contributed by atoms with Crippen LogP contribution in [0.1, 0.15) is 34.8 Å². The van der Waals surface area contributed by atoms with Gasteiger partial charge in [0.25, 0.3) is 0 Å². The summed E-state index contributed by atoms with van der Waals surface area (Å²) in [7, 11) is 0. The molecular weight excluding hydrogens is 268 g/mol. The van der Waals surface area contributed by atoms with Crippen LogP contribution >= 0.6 is 0 Å². The Morgan fingerprint density at radius 2 is 2.14 bits per heavy atom. The first-order valence-electron chi connectivity index (χ1n) is 7.12. The fourth-order valence-electron chi connectivity index (χ4n) is 2.81. The molecule has 3 rings (SSSR count). The van der Waals surface area contributed by atoms with Crippen molar-refractivity contribution in [2.24, 2.45) is 0 Å². The molecule has 0 radical (unpaired) electrons. The summed E-state index contributed by atoms with van der Waals surface area (Å²) in [6.45, 7) is 3.38. The van der Waals surface area contributed by atoms with E-state index < -0.39 is 5.97 Å². The summed E-state index contributed by atoms with van der Waals surface area (Å²) >= 11 is 0. The maximum atomic E-state index is 11.2. The molecule has 5 nitrogen and oxygen atoms in total. The second-order valence-electron chi connectivity index (χ2n) is 5.34. The van der Waals surface area contributed by atoms with Crippen LogP contribution in [-0.4, -0.2) is 34.1 Å². The molecule has 1 aromatic carbocycles. The number of hydrogen-bond donors (Lipinski definition) is 1. The summed E-state index contributed by atoms with van der Waals surface area (Å²) in [6.07, 6.45) is 5.75. The average Bonchev–Trinajstić information content (AvgIpc) is 2.98. The maximum Gasteiger partial charge on any atom is 0.335 e. The zero-order valence-corrected chi connectivity index (χ0v) is 12.0. The quantitative estimate of drug-likeness (QED) is 0.942. The number of aromatic nitrogens is 2. The molecule has 0 unspecified atom stereocenters. The van der Waals surface area contributed by atoms with Gasteiger partial charge >= 0.3 is 5.97 Å². The molecule has 1 saturated heterocycles. The Balaban J connectivity index is 1.93. The molecule has 0 saturated carbocycles. The van der Waals surface area contributed by atoms with Crippen molar-refractivity contribution in [1.82, 2.24) is 9.78 Å². The van der Waals surface area contributed by atoms with E-state index in [1.165, 1.54) is 0 Å². The Hall–Kier alpha value is -2.14. The number of carboxylic acids is 1. The van der Waals surface area contributed by atoms with Crippen LogP contribution in [0.25, 0.3) is 11.1 Å². The van der Waals surface area contributed by atoms with Crippen LogP contribution in [0.3, 0.4) is 0 Å². The van der Waals surface area contributed by atoms with Gasteiger partial charge in [-0.25, -0.2) is 4.79 Å². The van der Waals surface area contributed by atoms with E-state index in [9.17, 15) is 9.90 Å². The van der Waals surface area contributed by atoms with Crippen LogP contribution in [0.5, 0.6) is 0 Å². The minimum atomic E-state index is -0.897. The number of rotatable bonds is 3. The smallest absolute Gasteiger partial charge is 0.335 e. The van der Waals surface area contributed by atoms with Crippen molar-refractivity contribution in [2.45, 2.75) is 25.8 Å². The third kappa shape index (κ3) is 2.69. The Morgan fingerprint density at radius 1 is 1.38 bits per heavy atom. The topological polar surface area (TPSA) is 64.3 Å². The predicted molar refractivity (Wildman–Crippen MR) is 78.4 cm³/mol. The molecule has 2 aromatic rings. The molecule has 2 heterocycles. The molecule has 1 fully saturated rings. The Morgan fingerprint density at radius 3 is 2.86 bits per heavy atom. The first kappa shape index (κ1) is 13.8. The highest BCUT2D eigenvalue weighted by Gasteiger charge is 2.18. The van der Waals surface area contributed by atoms with E-state index in [1.54, 1.807) is 12.1 Å². The average molecular weight is 286 g/mol. The van der Waals surface area contributed by atoms with E-state index in [0.29, 0.717) is 11.6 Å². The van der Waals surface area contributed by atoms with Gasteiger partial charge in [-0.15, -0.1) is 0 Å². The summed E-state index contributed by atoms with van der Waals surface area (Å²) in [5.74, 6) is -0.897. The van der Waals surface area contributed by atoms with E-state index in [2.05, 4.69) is 5.10 Å². The molecule has 21 heavy (non-hydrogen) atoms. The lowest BCUT2D eigenvalue weighted by molar-refractivity contribution is 0.0662. The van der Waals surface area contributed by atoms with Crippen LogP contribution < -0.4 is 0 Å². The van der Waals surface area contributed by atoms with Gasteiger partial charge in [0.2, 0.25) is 0 Å². The van der Waals surface area contributed by atoms with Crippen molar-refractivity contribution in [3.05, 3.63) is 41.7 Å². The van der Waals surface area contributed by atoms with E-state index in [-0.39, 0.29) is 0 Å². The monoisotopic (exact) mass is 286 g/mol. The minimum Gasteiger partial charge on any atom is -0.478 e. The second-order valence-corrected chi connectivity index (χ2v) is 5.34. The Bertz CT molecular complexity index is 657. The molecule has 0 spiro atoms. The molecule has 0 aliphatic carbocycles. The van der Waals surface area contributed by atoms with E-state index in [4.69, 9.17) is 4.74 Å². The molecular formula is C16H18N2O3. The van der Waals surface area contributed by atoms with E-state index >= 15 is 0 Å². The summed E-state index contributed by atoms with van der Waals surface area (Å²) in [5.41, 5.74) is 3.00. The number of carbonyl (C=O) groups is 1. The summed E-state index contributed by atoms with van der Waals surface area (Å²) in [5, 5.41) is 13.7. The highest BCUT2D eigenvalue weighted by molar-refractivity contribution is 5.91. The van der Waals surface area contributed by atoms with Gasteiger partial charge < -0.3 is 9.84 Å². The van der Waals surface area contributed by atoms with Gasteiger partial charge in [-0.3, -0.25) is 4.68 Å². The van der Waals surface area contributed by atoms with Crippen LogP contribution in [0.15, 0.2) is 30.6 Å². The molecule has 0 amide bonds. The molecule has 1 aromatic heterocycles. The third-order valence-electron chi connectivity index (χ3n) is 4.04. The van der Waals surface area contributed by atoms with Crippen molar-refractivity contribution in [3.8, 4) is 11.1 Å². The van der Waals surface area contributed by atoms with Crippen LogP contribution in [0.2, 0.25) is 0 Å². The summed E-state index contributed by atoms with van der Waals surface area (Å²) < 4.78 is 7.34. The zero-order chi connectivity index (χ0) is 14.8. The lowest BCUT2D eigenvalue weighted by atomic mass is 9.98. The van der Waals surface area contributed by atoms with E-state index in [1.807, 2.05) is 30.1 Å². The molecule has 110 valence electrons. The van der Waals surface area contributed by atoms with Gasteiger partial charge in [0.05, 0.1) is 17.8 Å². The van der Waals surface area contributed by atoms with Crippen molar-refractivity contribution in [1.29, 1.82) is 0 Å². The minimum absolute atomic E-state index is 0.339. The number of hydrogen-bond acceptors (Lipinski definition) is 3. The normalized spacial score (nSPS) is 16.0.